The summed E-state index contributed by atoms with van der Waals surface area (Å²) >= 11 is 0. The largest absolute Gasteiger partial charge is 0.494 e. The normalized spacial score (nSPS) is 21.7. The zero-order valence-corrected chi connectivity index (χ0v) is 16.5. The second kappa shape index (κ2) is 11.4. The molecule has 0 aromatic heterocycles. The smallest absolute Gasteiger partial charge is 0.119 e. The average Bonchev–Trinajstić information content (AvgIpc) is 2.65. The summed E-state index contributed by atoms with van der Waals surface area (Å²) in [5.74, 6) is 3.45. The lowest BCUT2D eigenvalue weighted by Crippen LogP contribution is -2.20. The second-order valence-electron chi connectivity index (χ2n) is 7.82. The lowest BCUT2D eigenvalue weighted by Gasteiger charge is -2.34. The fourth-order valence-electron chi connectivity index (χ4n) is 4.42. The van der Waals surface area contributed by atoms with Gasteiger partial charge in [-0.2, -0.15) is 0 Å². The van der Waals surface area contributed by atoms with Crippen LogP contribution in [0, 0.1) is 11.8 Å². The van der Waals surface area contributed by atoms with E-state index in [1.165, 1.54) is 56.9 Å². The highest BCUT2D eigenvalue weighted by Crippen LogP contribution is 2.41. The van der Waals surface area contributed by atoms with Crippen molar-refractivity contribution < 1.29 is 4.74 Å². The quantitative estimate of drug-likeness (QED) is 0.298. The van der Waals surface area contributed by atoms with Crippen LogP contribution in [0.3, 0.4) is 0 Å². The van der Waals surface area contributed by atoms with Crippen molar-refractivity contribution in [3.8, 4) is 5.75 Å². The first-order valence-corrected chi connectivity index (χ1v) is 10.6. The molecular weight excluding hydrogens is 304 g/mol. The molecule has 0 radical (unpaired) electrons. The highest BCUT2D eigenvalue weighted by molar-refractivity contribution is 5.30. The maximum atomic E-state index is 5.87. The number of ether oxygens (including phenoxy) is 1. The van der Waals surface area contributed by atoms with Crippen LogP contribution < -0.4 is 4.74 Å². The van der Waals surface area contributed by atoms with Crippen molar-refractivity contribution >= 4 is 0 Å². The fourth-order valence-corrected chi connectivity index (χ4v) is 4.42. The number of rotatable bonds is 11. The van der Waals surface area contributed by atoms with Crippen LogP contribution in [0.25, 0.3) is 0 Å². The van der Waals surface area contributed by atoms with E-state index in [9.17, 15) is 0 Å². The third kappa shape index (κ3) is 6.53. The summed E-state index contributed by atoms with van der Waals surface area (Å²) in [6.45, 7) is 9.40. The van der Waals surface area contributed by atoms with Crippen LogP contribution in [0.4, 0.5) is 0 Å². The van der Waals surface area contributed by atoms with E-state index >= 15 is 0 Å². The van der Waals surface area contributed by atoms with Gasteiger partial charge in [-0.1, -0.05) is 70.6 Å². The highest BCUT2D eigenvalue weighted by atomic mass is 16.5. The second-order valence-corrected chi connectivity index (χ2v) is 7.82. The number of hydrogen-bond donors (Lipinski definition) is 0. The van der Waals surface area contributed by atoms with Crippen molar-refractivity contribution in [2.75, 3.05) is 6.61 Å². The maximum Gasteiger partial charge on any atom is 0.119 e. The molecule has 0 bridgehead atoms. The molecule has 25 heavy (non-hydrogen) atoms. The number of hydrogen-bond acceptors (Lipinski definition) is 1. The van der Waals surface area contributed by atoms with Crippen molar-refractivity contribution in [1.82, 2.24) is 0 Å². The van der Waals surface area contributed by atoms with Crippen LogP contribution >= 0.6 is 0 Å². The Morgan fingerprint density at radius 2 is 1.76 bits per heavy atom. The molecule has 140 valence electrons. The maximum absolute atomic E-state index is 5.87. The van der Waals surface area contributed by atoms with Gasteiger partial charge in [0, 0.05) is 0 Å². The molecule has 1 heteroatoms. The molecule has 0 heterocycles. The molecule has 1 aromatic carbocycles. The van der Waals surface area contributed by atoms with Crippen molar-refractivity contribution in [3.05, 3.63) is 42.5 Å². The number of unbranched alkanes of at least 4 members (excludes halogenated alkanes) is 2. The van der Waals surface area contributed by atoms with Gasteiger partial charge in [-0.05, 0) is 61.1 Å². The van der Waals surface area contributed by atoms with Gasteiger partial charge in [0.05, 0.1) is 6.61 Å². The molecule has 0 amide bonds. The van der Waals surface area contributed by atoms with Gasteiger partial charge in [0.2, 0.25) is 0 Å². The first-order chi connectivity index (χ1) is 12.3. The zero-order valence-electron chi connectivity index (χ0n) is 16.5. The van der Waals surface area contributed by atoms with Crippen LogP contribution in [0.1, 0.15) is 89.5 Å². The molecule has 1 nitrogen and oxygen atoms in total. The summed E-state index contributed by atoms with van der Waals surface area (Å²) < 4.78 is 5.87. The summed E-state index contributed by atoms with van der Waals surface area (Å²) in [6.07, 6.45) is 15.2. The van der Waals surface area contributed by atoms with Crippen LogP contribution in [0.5, 0.6) is 5.75 Å². The molecule has 1 fully saturated rings. The average molecular weight is 343 g/mol. The predicted molar refractivity (Wildman–Crippen MR) is 109 cm³/mol. The van der Waals surface area contributed by atoms with Crippen molar-refractivity contribution in [2.45, 2.75) is 84.0 Å². The van der Waals surface area contributed by atoms with Crippen LogP contribution in [0.15, 0.2) is 36.9 Å². The molecule has 1 saturated carbocycles. The molecule has 1 aliphatic carbocycles. The third-order valence-corrected chi connectivity index (χ3v) is 5.90. The van der Waals surface area contributed by atoms with Gasteiger partial charge in [-0.15, -0.1) is 6.58 Å². The Kier molecular flexibility index (Phi) is 9.15. The van der Waals surface area contributed by atoms with Crippen LogP contribution in [-0.2, 0) is 0 Å². The van der Waals surface area contributed by atoms with E-state index in [-0.39, 0.29) is 0 Å². The molecule has 1 unspecified atom stereocenters. The van der Waals surface area contributed by atoms with Crippen molar-refractivity contribution in [3.63, 3.8) is 0 Å². The highest BCUT2D eigenvalue weighted by Gasteiger charge is 2.27. The standard InChI is InChI=1S/C24H38O/c1-4-7-8-19-25-23-17-15-22(16-18-23)24(10-6-3)21-13-11-20(9-5-2)12-14-21/h6,15-18,20-21,24H,3-5,7-14,19H2,1-2H3. The van der Waals surface area contributed by atoms with E-state index in [1.54, 1.807) is 0 Å². The molecule has 0 spiro atoms. The fraction of sp³-hybridized carbons (Fsp3) is 0.667. The molecule has 1 aliphatic rings. The van der Waals surface area contributed by atoms with Gasteiger partial charge in [-0.3, -0.25) is 0 Å². The summed E-state index contributed by atoms with van der Waals surface area (Å²) in [7, 11) is 0. The van der Waals surface area contributed by atoms with Crippen molar-refractivity contribution in [1.29, 1.82) is 0 Å². The molecule has 2 rings (SSSR count). The SMILES string of the molecule is C=CCC(c1ccc(OCCCCC)cc1)C1CCC(CCC)CC1. The summed E-state index contributed by atoms with van der Waals surface area (Å²) in [4.78, 5) is 0. The predicted octanol–water partition coefficient (Wildman–Crippen LogP) is 7.52. The Bertz CT molecular complexity index is 467. The Hall–Kier alpha value is -1.24. The summed E-state index contributed by atoms with van der Waals surface area (Å²) in [5.41, 5.74) is 1.47. The topological polar surface area (TPSA) is 9.23 Å². The molecule has 0 N–H and O–H groups in total. The molecule has 0 aliphatic heterocycles. The van der Waals surface area contributed by atoms with E-state index in [4.69, 9.17) is 4.74 Å². The first-order valence-electron chi connectivity index (χ1n) is 10.6. The van der Waals surface area contributed by atoms with E-state index < -0.39 is 0 Å². The summed E-state index contributed by atoms with van der Waals surface area (Å²) in [5, 5.41) is 0. The lowest BCUT2D eigenvalue weighted by molar-refractivity contribution is 0.232. The van der Waals surface area contributed by atoms with Crippen molar-refractivity contribution in [2.24, 2.45) is 11.8 Å². The summed E-state index contributed by atoms with van der Waals surface area (Å²) in [6, 6.07) is 8.92. The Morgan fingerprint density at radius 1 is 1.04 bits per heavy atom. The van der Waals surface area contributed by atoms with Crippen LogP contribution in [0.2, 0.25) is 0 Å². The Balaban J connectivity index is 1.92. The van der Waals surface area contributed by atoms with E-state index in [0.29, 0.717) is 5.92 Å². The molecule has 0 saturated heterocycles. The Labute approximate surface area is 155 Å². The molecule has 1 atom stereocenters. The molecular formula is C24H38O. The van der Waals surface area contributed by atoms with Gasteiger partial charge in [0.15, 0.2) is 0 Å². The first kappa shape index (κ1) is 20.1. The van der Waals surface area contributed by atoms with Crippen LogP contribution in [-0.4, -0.2) is 6.61 Å². The van der Waals surface area contributed by atoms with E-state index in [0.717, 1.165) is 37.0 Å². The third-order valence-electron chi connectivity index (χ3n) is 5.90. The van der Waals surface area contributed by atoms with Gasteiger partial charge in [0.1, 0.15) is 5.75 Å². The number of benzene rings is 1. The molecule has 1 aromatic rings. The van der Waals surface area contributed by atoms with E-state index in [2.05, 4.69) is 50.8 Å². The Morgan fingerprint density at radius 3 is 2.36 bits per heavy atom. The number of allylic oxidation sites excluding steroid dienone is 1. The minimum atomic E-state index is 0.634. The monoisotopic (exact) mass is 342 g/mol. The minimum absolute atomic E-state index is 0.634. The zero-order chi connectivity index (χ0) is 17.9. The van der Waals surface area contributed by atoms with Gasteiger partial charge in [-0.25, -0.2) is 0 Å². The minimum Gasteiger partial charge on any atom is -0.494 e. The lowest BCUT2D eigenvalue weighted by atomic mass is 9.71. The van der Waals surface area contributed by atoms with E-state index in [1.807, 2.05) is 0 Å². The van der Waals surface area contributed by atoms with Gasteiger partial charge < -0.3 is 4.74 Å². The van der Waals surface area contributed by atoms with Gasteiger partial charge >= 0.3 is 0 Å². The van der Waals surface area contributed by atoms with Gasteiger partial charge in [0.25, 0.3) is 0 Å².